The van der Waals surface area contributed by atoms with Crippen molar-refractivity contribution in [2.45, 2.75) is 39.2 Å². The highest BCUT2D eigenvalue weighted by Crippen LogP contribution is 2.32. The van der Waals surface area contributed by atoms with Gasteiger partial charge in [-0.25, -0.2) is 0 Å². The van der Waals surface area contributed by atoms with Gasteiger partial charge in [0.2, 0.25) is 0 Å². The van der Waals surface area contributed by atoms with E-state index in [4.69, 9.17) is 0 Å². The van der Waals surface area contributed by atoms with E-state index >= 15 is 0 Å². The smallest absolute Gasteiger partial charge is 0.0635 e. The zero-order valence-corrected chi connectivity index (χ0v) is 14.4. The first kappa shape index (κ1) is 16.7. The van der Waals surface area contributed by atoms with E-state index in [2.05, 4.69) is 70.8 Å². The third kappa shape index (κ3) is 4.89. The SMILES string of the molecule is CCNCCC(C)(C)c1c(Br)cnn1CCN(C)C. The fourth-order valence-electron chi connectivity index (χ4n) is 2.20. The molecule has 19 heavy (non-hydrogen) atoms. The fraction of sp³-hybridized carbons (Fsp3) is 0.786. The summed E-state index contributed by atoms with van der Waals surface area (Å²) in [6.45, 7) is 10.7. The lowest BCUT2D eigenvalue weighted by atomic mass is 9.85. The van der Waals surface area contributed by atoms with E-state index in [9.17, 15) is 0 Å². The minimum atomic E-state index is 0.115. The summed E-state index contributed by atoms with van der Waals surface area (Å²) < 4.78 is 3.25. The van der Waals surface area contributed by atoms with Gasteiger partial charge in [-0.05, 0) is 49.5 Å². The second-order valence-corrected chi connectivity index (χ2v) is 6.71. The van der Waals surface area contributed by atoms with Crippen LogP contribution < -0.4 is 5.32 Å². The summed E-state index contributed by atoms with van der Waals surface area (Å²) in [5, 5.41) is 7.91. The molecule has 0 amide bonds. The van der Waals surface area contributed by atoms with Crippen LogP contribution in [0, 0.1) is 0 Å². The molecule has 0 fully saturated rings. The van der Waals surface area contributed by atoms with E-state index < -0.39 is 0 Å². The van der Waals surface area contributed by atoms with Crippen LogP contribution in [0.25, 0.3) is 0 Å². The van der Waals surface area contributed by atoms with Crippen molar-refractivity contribution in [2.75, 3.05) is 33.7 Å². The highest BCUT2D eigenvalue weighted by molar-refractivity contribution is 9.10. The van der Waals surface area contributed by atoms with Crippen LogP contribution in [-0.4, -0.2) is 48.4 Å². The maximum Gasteiger partial charge on any atom is 0.0635 e. The Morgan fingerprint density at radius 1 is 1.42 bits per heavy atom. The molecule has 1 rings (SSSR count). The summed E-state index contributed by atoms with van der Waals surface area (Å²) >= 11 is 3.65. The average Bonchev–Trinajstić information content (AvgIpc) is 2.68. The van der Waals surface area contributed by atoms with Crippen LogP contribution in [0.15, 0.2) is 10.7 Å². The summed E-state index contributed by atoms with van der Waals surface area (Å²) in [7, 11) is 4.18. The summed E-state index contributed by atoms with van der Waals surface area (Å²) in [6.07, 6.45) is 3.02. The minimum absolute atomic E-state index is 0.115. The van der Waals surface area contributed by atoms with Gasteiger partial charge in [0.15, 0.2) is 0 Å². The molecular weight excluding hydrogens is 304 g/mol. The second kappa shape index (κ2) is 7.41. The van der Waals surface area contributed by atoms with Crippen molar-refractivity contribution >= 4 is 15.9 Å². The third-order valence-electron chi connectivity index (χ3n) is 3.37. The van der Waals surface area contributed by atoms with Gasteiger partial charge in [-0.3, -0.25) is 4.68 Å². The van der Waals surface area contributed by atoms with Crippen molar-refractivity contribution in [1.29, 1.82) is 0 Å². The lowest BCUT2D eigenvalue weighted by Crippen LogP contribution is -2.30. The zero-order chi connectivity index (χ0) is 14.5. The summed E-state index contributed by atoms with van der Waals surface area (Å²) in [5.74, 6) is 0. The van der Waals surface area contributed by atoms with Crippen LogP contribution in [-0.2, 0) is 12.0 Å². The Kier molecular flexibility index (Phi) is 6.50. The quantitative estimate of drug-likeness (QED) is 0.743. The number of hydrogen-bond acceptors (Lipinski definition) is 3. The zero-order valence-electron chi connectivity index (χ0n) is 12.8. The number of nitrogens with one attached hydrogen (secondary N) is 1. The maximum atomic E-state index is 4.50. The Morgan fingerprint density at radius 2 is 2.11 bits per heavy atom. The maximum absolute atomic E-state index is 4.50. The standard InChI is InChI=1S/C14H27BrN4/c1-6-16-8-7-14(2,3)13-12(15)11-17-19(13)10-9-18(4)5/h11,16H,6-10H2,1-5H3. The van der Waals surface area contributed by atoms with Crippen LogP contribution in [0.3, 0.4) is 0 Å². The van der Waals surface area contributed by atoms with Gasteiger partial charge in [-0.1, -0.05) is 20.8 Å². The van der Waals surface area contributed by atoms with Gasteiger partial charge in [0.1, 0.15) is 0 Å². The molecule has 0 aliphatic heterocycles. The third-order valence-corrected chi connectivity index (χ3v) is 3.95. The number of likely N-dealkylation sites (N-methyl/N-ethyl adjacent to an activating group) is 1. The summed E-state index contributed by atoms with van der Waals surface area (Å²) in [6, 6.07) is 0. The van der Waals surface area contributed by atoms with E-state index in [0.29, 0.717) is 0 Å². The first-order chi connectivity index (χ1) is 8.88. The topological polar surface area (TPSA) is 33.1 Å². The van der Waals surface area contributed by atoms with E-state index in [1.54, 1.807) is 0 Å². The predicted octanol–water partition coefficient (Wildman–Crippen LogP) is 2.48. The van der Waals surface area contributed by atoms with E-state index in [1.165, 1.54) is 5.69 Å². The molecule has 0 aliphatic rings. The molecule has 1 heterocycles. The Balaban J connectivity index is 2.81. The molecule has 0 saturated heterocycles. The highest BCUT2D eigenvalue weighted by atomic mass is 79.9. The van der Waals surface area contributed by atoms with Crippen molar-refractivity contribution in [3.8, 4) is 0 Å². The van der Waals surface area contributed by atoms with Crippen LogP contribution in [0.5, 0.6) is 0 Å². The van der Waals surface area contributed by atoms with E-state index in [-0.39, 0.29) is 5.41 Å². The first-order valence-electron chi connectivity index (χ1n) is 6.95. The van der Waals surface area contributed by atoms with Crippen molar-refractivity contribution in [3.63, 3.8) is 0 Å². The number of rotatable bonds is 8. The molecule has 0 unspecified atom stereocenters. The van der Waals surface area contributed by atoms with Gasteiger partial charge >= 0.3 is 0 Å². The Hall–Kier alpha value is -0.390. The number of nitrogens with zero attached hydrogens (tertiary/aromatic N) is 3. The Bertz CT molecular complexity index is 385. The summed E-state index contributed by atoms with van der Waals surface area (Å²) in [5.41, 5.74) is 1.41. The number of halogens is 1. The van der Waals surface area contributed by atoms with Crippen LogP contribution in [0.1, 0.15) is 32.9 Å². The van der Waals surface area contributed by atoms with Crippen molar-refractivity contribution in [1.82, 2.24) is 20.0 Å². The number of hydrogen-bond donors (Lipinski definition) is 1. The van der Waals surface area contributed by atoms with Crippen molar-refractivity contribution in [2.24, 2.45) is 0 Å². The Labute approximate surface area is 125 Å². The molecule has 0 saturated carbocycles. The van der Waals surface area contributed by atoms with Gasteiger partial charge < -0.3 is 10.2 Å². The molecule has 4 nitrogen and oxygen atoms in total. The normalized spacial score (nSPS) is 12.4. The molecular formula is C14H27BrN4. The lowest BCUT2D eigenvalue weighted by Gasteiger charge is -2.27. The highest BCUT2D eigenvalue weighted by Gasteiger charge is 2.27. The first-order valence-corrected chi connectivity index (χ1v) is 7.75. The molecule has 5 heteroatoms. The monoisotopic (exact) mass is 330 g/mol. The van der Waals surface area contributed by atoms with Crippen LogP contribution in [0.4, 0.5) is 0 Å². The van der Waals surface area contributed by atoms with Gasteiger partial charge in [0.05, 0.1) is 22.9 Å². The minimum Gasteiger partial charge on any atom is -0.317 e. The molecule has 0 radical (unpaired) electrons. The molecule has 0 spiro atoms. The lowest BCUT2D eigenvalue weighted by molar-refractivity contribution is 0.350. The van der Waals surface area contributed by atoms with E-state index in [0.717, 1.165) is 37.1 Å². The molecule has 1 aromatic heterocycles. The van der Waals surface area contributed by atoms with Crippen LogP contribution in [0.2, 0.25) is 0 Å². The fourth-order valence-corrected chi connectivity index (χ4v) is 3.03. The van der Waals surface area contributed by atoms with Crippen molar-refractivity contribution in [3.05, 3.63) is 16.4 Å². The summed E-state index contributed by atoms with van der Waals surface area (Å²) in [4.78, 5) is 2.19. The average molecular weight is 331 g/mol. The van der Waals surface area contributed by atoms with Crippen molar-refractivity contribution < 1.29 is 0 Å². The molecule has 1 aromatic rings. The van der Waals surface area contributed by atoms with Gasteiger partial charge in [-0.2, -0.15) is 5.10 Å². The molecule has 0 aliphatic carbocycles. The molecule has 0 aromatic carbocycles. The van der Waals surface area contributed by atoms with Gasteiger partial charge in [0, 0.05) is 12.0 Å². The molecule has 0 bridgehead atoms. The largest absolute Gasteiger partial charge is 0.317 e. The number of aromatic nitrogens is 2. The molecule has 0 atom stereocenters. The molecule has 1 N–H and O–H groups in total. The van der Waals surface area contributed by atoms with Crippen LogP contribution >= 0.6 is 15.9 Å². The van der Waals surface area contributed by atoms with Gasteiger partial charge in [0.25, 0.3) is 0 Å². The Morgan fingerprint density at radius 3 is 2.68 bits per heavy atom. The predicted molar refractivity (Wildman–Crippen MR) is 84.7 cm³/mol. The molecule has 110 valence electrons. The van der Waals surface area contributed by atoms with Gasteiger partial charge in [-0.15, -0.1) is 0 Å². The second-order valence-electron chi connectivity index (χ2n) is 5.85. The van der Waals surface area contributed by atoms with E-state index in [1.807, 2.05) is 6.20 Å².